The molecule has 0 aliphatic heterocycles. The number of esters is 1. The minimum Gasteiger partial charge on any atom is -0.469 e. The first kappa shape index (κ1) is 13.0. The average Bonchev–Trinajstić information content (AvgIpc) is 2.79. The second-order valence-electron chi connectivity index (χ2n) is 3.98. The van der Waals surface area contributed by atoms with Crippen LogP contribution in [0.15, 0.2) is 28.7 Å². The molecule has 0 amide bonds. The van der Waals surface area contributed by atoms with Crippen molar-refractivity contribution in [2.45, 2.75) is 24.3 Å². The van der Waals surface area contributed by atoms with Gasteiger partial charge in [-0.25, -0.2) is 4.98 Å². The van der Waals surface area contributed by atoms with E-state index in [1.165, 1.54) is 7.11 Å². The van der Waals surface area contributed by atoms with Gasteiger partial charge in [0.1, 0.15) is 5.52 Å². The smallest absolute Gasteiger partial charge is 0.306 e. The van der Waals surface area contributed by atoms with Gasteiger partial charge in [0, 0.05) is 5.25 Å². The number of oxazole rings is 1. The molecule has 2 rings (SSSR count). The number of methoxy groups -OCH3 is 1. The van der Waals surface area contributed by atoms with Crippen LogP contribution in [0.1, 0.15) is 19.2 Å². The van der Waals surface area contributed by atoms with E-state index in [9.17, 15) is 4.79 Å². The van der Waals surface area contributed by atoms with Crippen LogP contribution in [0.2, 0.25) is 0 Å². The fourth-order valence-electron chi connectivity index (χ4n) is 1.57. The molecule has 0 bridgehead atoms. The quantitative estimate of drug-likeness (QED) is 0.778. The highest BCUT2D eigenvalue weighted by atomic mass is 32.2. The number of carbonyl (C=O) groups is 1. The summed E-state index contributed by atoms with van der Waals surface area (Å²) in [7, 11) is 1.40. The summed E-state index contributed by atoms with van der Waals surface area (Å²) in [5.41, 5.74) is 1.67. The number of nitrogens with zero attached hydrogens (tertiary/aromatic N) is 1. The summed E-state index contributed by atoms with van der Waals surface area (Å²) in [6, 6.07) is 7.67. The van der Waals surface area contributed by atoms with Crippen LogP contribution in [0.3, 0.4) is 0 Å². The molecule has 1 aromatic heterocycles. The zero-order valence-electron chi connectivity index (χ0n) is 10.4. The number of benzene rings is 1. The number of hydrogen-bond acceptors (Lipinski definition) is 5. The molecule has 0 aliphatic rings. The summed E-state index contributed by atoms with van der Waals surface area (Å²) in [6.07, 6.45) is 0.404. The van der Waals surface area contributed by atoms with Crippen LogP contribution < -0.4 is 0 Å². The van der Waals surface area contributed by atoms with Crippen LogP contribution in [0, 0.1) is 0 Å². The largest absolute Gasteiger partial charge is 0.469 e. The van der Waals surface area contributed by atoms with E-state index in [-0.39, 0.29) is 11.2 Å². The molecular formula is C13H15NO3S. The van der Waals surface area contributed by atoms with Crippen molar-refractivity contribution in [3.63, 3.8) is 0 Å². The van der Waals surface area contributed by atoms with Crippen LogP contribution >= 0.6 is 11.8 Å². The van der Waals surface area contributed by atoms with Crippen molar-refractivity contribution < 1.29 is 13.9 Å². The molecule has 1 unspecified atom stereocenters. The van der Waals surface area contributed by atoms with E-state index in [0.29, 0.717) is 18.1 Å². The number of para-hydroxylation sites is 2. The summed E-state index contributed by atoms with van der Waals surface area (Å²) < 4.78 is 10.2. The molecule has 0 radical (unpaired) electrons. The van der Waals surface area contributed by atoms with Crippen molar-refractivity contribution in [3.8, 4) is 0 Å². The Hall–Kier alpha value is -1.49. The van der Waals surface area contributed by atoms with Crippen LogP contribution in [0.25, 0.3) is 11.1 Å². The first-order valence-electron chi connectivity index (χ1n) is 5.72. The summed E-state index contributed by atoms with van der Waals surface area (Å²) in [4.78, 5) is 15.5. The van der Waals surface area contributed by atoms with Crippen LogP contribution in [0.4, 0.5) is 0 Å². The predicted molar refractivity (Wildman–Crippen MR) is 71.4 cm³/mol. The average molecular weight is 265 g/mol. The van der Waals surface area contributed by atoms with E-state index in [4.69, 9.17) is 4.42 Å². The second kappa shape index (κ2) is 5.91. The Balaban J connectivity index is 1.91. The predicted octanol–water partition coefficient (Wildman–Crippen LogP) is 3.01. The standard InChI is InChI=1S/C13H15NO3S/c1-9(7-13(15)16-2)18-8-12-14-10-5-3-4-6-11(10)17-12/h3-6,9H,7-8H2,1-2H3. The van der Waals surface area contributed by atoms with Crippen molar-refractivity contribution in [2.24, 2.45) is 0 Å². The Kier molecular flexibility index (Phi) is 4.25. The molecule has 4 nitrogen and oxygen atoms in total. The van der Waals surface area contributed by atoms with Gasteiger partial charge < -0.3 is 9.15 Å². The third kappa shape index (κ3) is 3.26. The molecule has 5 heteroatoms. The number of thioether (sulfide) groups is 1. The molecule has 0 fully saturated rings. The van der Waals surface area contributed by atoms with Crippen LogP contribution in [0.5, 0.6) is 0 Å². The Bertz CT molecular complexity index is 505. The molecule has 2 aromatic rings. The van der Waals surface area contributed by atoms with Gasteiger partial charge in [0.2, 0.25) is 5.89 Å². The van der Waals surface area contributed by atoms with E-state index in [1.54, 1.807) is 11.8 Å². The topological polar surface area (TPSA) is 52.3 Å². The van der Waals surface area contributed by atoms with E-state index in [1.807, 2.05) is 31.2 Å². The molecule has 1 heterocycles. The Morgan fingerprint density at radius 2 is 2.28 bits per heavy atom. The zero-order chi connectivity index (χ0) is 13.0. The normalized spacial score (nSPS) is 12.6. The number of rotatable bonds is 5. The first-order valence-corrected chi connectivity index (χ1v) is 6.77. The number of aromatic nitrogens is 1. The lowest BCUT2D eigenvalue weighted by molar-refractivity contribution is -0.140. The van der Waals surface area contributed by atoms with Gasteiger partial charge in [0.15, 0.2) is 5.58 Å². The summed E-state index contributed by atoms with van der Waals surface area (Å²) in [5.74, 6) is 1.16. The van der Waals surface area contributed by atoms with Crippen molar-refractivity contribution >= 4 is 28.8 Å². The van der Waals surface area contributed by atoms with E-state index in [0.717, 1.165) is 11.1 Å². The molecule has 96 valence electrons. The van der Waals surface area contributed by atoms with Gasteiger partial charge in [-0.2, -0.15) is 0 Å². The fraction of sp³-hybridized carbons (Fsp3) is 0.385. The lowest BCUT2D eigenvalue weighted by Crippen LogP contribution is -2.08. The van der Waals surface area contributed by atoms with E-state index < -0.39 is 0 Å². The highest BCUT2D eigenvalue weighted by Crippen LogP contribution is 2.22. The van der Waals surface area contributed by atoms with Gasteiger partial charge in [-0.05, 0) is 12.1 Å². The molecule has 18 heavy (non-hydrogen) atoms. The van der Waals surface area contributed by atoms with E-state index >= 15 is 0 Å². The zero-order valence-corrected chi connectivity index (χ0v) is 11.2. The molecule has 1 aromatic carbocycles. The monoisotopic (exact) mass is 265 g/mol. The van der Waals surface area contributed by atoms with Crippen molar-refractivity contribution in [1.82, 2.24) is 4.98 Å². The molecule has 0 N–H and O–H groups in total. The Morgan fingerprint density at radius 1 is 1.50 bits per heavy atom. The number of ether oxygens (including phenoxy) is 1. The Labute approximate surface area is 110 Å². The van der Waals surface area contributed by atoms with Crippen molar-refractivity contribution in [2.75, 3.05) is 7.11 Å². The molecule has 0 saturated heterocycles. The molecule has 1 atom stereocenters. The molecular weight excluding hydrogens is 250 g/mol. The minimum atomic E-state index is -0.187. The minimum absolute atomic E-state index is 0.187. The Morgan fingerprint density at radius 3 is 3.00 bits per heavy atom. The molecule has 0 saturated carbocycles. The van der Waals surface area contributed by atoms with Gasteiger partial charge in [-0.1, -0.05) is 19.1 Å². The van der Waals surface area contributed by atoms with Gasteiger partial charge >= 0.3 is 5.97 Å². The maximum atomic E-state index is 11.1. The SMILES string of the molecule is COC(=O)CC(C)SCc1nc2ccccc2o1. The number of hydrogen-bond donors (Lipinski definition) is 0. The van der Waals surface area contributed by atoms with Gasteiger partial charge in [0.25, 0.3) is 0 Å². The fourth-order valence-corrected chi connectivity index (χ4v) is 2.38. The number of carbonyl (C=O) groups excluding carboxylic acids is 1. The third-order valence-electron chi connectivity index (χ3n) is 2.51. The van der Waals surface area contributed by atoms with Gasteiger partial charge in [-0.15, -0.1) is 11.8 Å². The highest BCUT2D eigenvalue weighted by Gasteiger charge is 2.12. The first-order chi connectivity index (χ1) is 8.69. The summed E-state index contributed by atoms with van der Waals surface area (Å²) in [5, 5.41) is 0.187. The number of fused-ring (bicyclic) bond motifs is 1. The van der Waals surface area contributed by atoms with E-state index in [2.05, 4.69) is 9.72 Å². The lowest BCUT2D eigenvalue weighted by atomic mass is 10.3. The lowest BCUT2D eigenvalue weighted by Gasteiger charge is -2.07. The summed E-state index contributed by atoms with van der Waals surface area (Å²) >= 11 is 1.63. The molecule has 0 aliphatic carbocycles. The highest BCUT2D eigenvalue weighted by molar-refractivity contribution is 7.99. The maximum Gasteiger partial charge on any atom is 0.306 e. The second-order valence-corrected chi connectivity index (χ2v) is 5.40. The molecule has 0 spiro atoms. The van der Waals surface area contributed by atoms with Crippen molar-refractivity contribution in [1.29, 1.82) is 0 Å². The van der Waals surface area contributed by atoms with Gasteiger partial charge in [0.05, 0.1) is 19.3 Å². The van der Waals surface area contributed by atoms with Crippen LogP contribution in [-0.4, -0.2) is 23.3 Å². The maximum absolute atomic E-state index is 11.1. The summed E-state index contributed by atoms with van der Waals surface area (Å²) in [6.45, 7) is 1.99. The third-order valence-corrected chi connectivity index (χ3v) is 3.66. The van der Waals surface area contributed by atoms with Crippen LogP contribution in [-0.2, 0) is 15.3 Å². The van der Waals surface area contributed by atoms with Crippen molar-refractivity contribution in [3.05, 3.63) is 30.2 Å². The van der Waals surface area contributed by atoms with Gasteiger partial charge in [-0.3, -0.25) is 4.79 Å².